The Balaban J connectivity index is 1.33. The molecule has 8 nitrogen and oxygen atoms in total. The van der Waals surface area contributed by atoms with E-state index in [2.05, 4.69) is 17.4 Å². The standard InChI is InChI=1S/C28H33N3O5/c1-30-16-14-28(15-17-30)31(20-22-7-3-2-4-8-22)27(33)23-19-21(10-12-24(23)35-28)11-13-25(32)29-36-26-9-5-6-18-34-26/h2-4,7-8,10-13,19,26H,5-6,9,14-18,20H2,1H3,(H,29,32). The molecule has 1 spiro atoms. The number of benzene rings is 2. The van der Waals surface area contributed by atoms with Gasteiger partial charge in [0.05, 0.1) is 5.56 Å². The van der Waals surface area contributed by atoms with Crippen molar-refractivity contribution in [3.8, 4) is 5.75 Å². The van der Waals surface area contributed by atoms with E-state index >= 15 is 0 Å². The molecule has 0 aliphatic carbocycles. The lowest BCUT2D eigenvalue weighted by Crippen LogP contribution is -2.62. The highest BCUT2D eigenvalue weighted by Crippen LogP contribution is 2.40. The van der Waals surface area contributed by atoms with E-state index in [4.69, 9.17) is 14.3 Å². The fourth-order valence-corrected chi connectivity index (χ4v) is 4.95. The number of piperidine rings is 1. The zero-order chi connectivity index (χ0) is 25.0. The molecule has 36 heavy (non-hydrogen) atoms. The number of ether oxygens (including phenoxy) is 2. The Morgan fingerprint density at radius 1 is 1.17 bits per heavy atom. The second-order valence-electron chi connectivity index (χ2n) is 9.70. The van der Waals surface area contributed by atoms with E-state index in [1.165, 1.54) is 6.08 Å². The number of hydrogen-bond donors (Lipinski definition) is 1. The summed E-state index contributed by atoms with van der Waals surface area (Å²) in [7, 11) is 2.09. The van der Waals surface area contributed by atoms with Crippen molar-refractivity contribution in [3.05, 3.63) is 71.3 Å². The van der Waals surface area contributed by atoms with Crippen LogP contribution in [-0.4, -0.2) is 60.4 Å². The Bertz CT molecular complexity index is 1110. The summed E-state index contributed by atoms with van der Waals surface area (Å²) in [6.07, 6.45) is 6.91. The minimum absolute atomic E-state index is 0.0536. The first-order valence-electron chi connectivity index (χ1n) is 12.7. The molecule has 2 aromatic carbocycles. The minimum Gasteiger partial charge on any atom is -0.467 e. The first-order valence-corrected chi connectivity index (χ1v) is 12.7. The van der Waals surface area contributed by atoms with E-state index in [0.29, 0.717) is 24.5 Å². The highest BCUT2D eigenvalue weighted by Gasteiger charge is 2.48. The molecule has 3 aliphatic rings. The van der Waals surface area contributed by atoms with Gasteiger partial charge in [0.1, 0.15) is 5.75 Å². The molecule has 5 rings (SSSR count). The van der Waals surface area contributed by atoms with Crippen molar-refractivity contribution < 1.29 is 23.9 Å². The van der Waals surface area contributed by atoms with Crippen LogP contribution in [0.1, 0.15) is 53.6 Å². The van der Waals surface area contributed by atoms with Crippen LogP contribution in [0.3, 0.4) is 0 Å². The van der Waals surface area contributed by atoms with Gasteiger partial charge in [0.2, 0.25) is 0 Å². The van der Waals surface area contributed by atoms with Crippen molar-refractivity contribution in [3.63, 3.8) is 0 Å². The van der Waals surface area contributed by atoms with E-state index in [1.807, 2.05) is 47.4 Å². The fraction of sp³-hybridized carbons (Fsp3) is 0.429. The summed E-state index contributed by atoms with van der Waals surface area (Å²) in [6.45, 7) is 2.84. The first kappa shape index (κ1) is 24.5. The molecule has 3 heterocycles. The summed E-state index contributed by atoms with van der Waals surface area (Å²) < 4.78 is 12.0. The van der Waals surface area contributed by atoms with Crippen LogP contribution in [-0.2, 0) is 20.9 Å². The lowest BCUT2D eigenvalue weighted by Gasteiger charge is -2.50. The number of fused-ring (bicyclic) bond motifs is 1. The predicted molar refractivity (Wildman–Crippen MR) is 135 cm³/mol. The Morgan fingerprint density at radius 2 is 1.97 bits per heavy atom. The van der Waals surface area contributed by atoms with Crippen LogP contribution in [0.15, 0.2) is 54.6 Å². The average molecular weight is 492 g/mol. The van der Waals surface area contributed by atoms with Crippen LogP contribution in [0.4, 0.5) is 0 Å². The van der Waals surface area contributed by atoms with Crippen molar-refractivity contribution in [1.82, 2.24) is 15.3 Å². The van der Waals surface area contributed by atoms with Gasteiger partial charge < -0.3 is 14.4 Å². The van der Waals surface area contributed by atoms with Crippen LogP contribution in [0.25, 0.3) is 6.08 Å². The zero-order valence-corrected chi connectivity index (χ0v) is 20.7. The van der Waals surface area contributed by atoms with Crippen molar-refractivity contribution in [2.75, 3.05) is 26.7 Å². The van der Waals surface area contributed by atoms with E-state index in [1.54, 1.807) is 12.1 Å². The van der Waals surface area contributed by atoms with Crippen molar-refractivity contribution in [2.45, 2.75) is 50.7 Å². The predicted octanol–water partition coefficient (Wildman–Crippen LogP) is 3.73. The van der Waals surface area contributed by atoms with Gasteiger partial charge in [-0.3, -0.25) is 14.5 Å². The van der Waals surface area contributed by atoms with Crippen LogP contribution in [0, 0.1) is 0 Å². The fourth-order valence-electron chi connectivity index (χ4n) is 4.95. The number of rotatable bonds is 6. The maximum Gasteiger partial charge on any atom is 0.267 e. The highest BCUT2D eigenvalue weighted by molar-refractivity contribution is 5.99. The highest BCUT2D eigenvalue weighted by atomic mass is 16.8. The molecule has 0 radical (unpaired) electrons. The minimum atomic E-state index is -0.664. The molecule has 3 aliphatic heterocycles. The molecule has 8 heteroatoms. The van der Waals surface area contributed by atoms with Crippen LogP contribution >= 0.6 is 0 Å². The molecule has 0 bridgehead atoms. The van der Waals surface area contributed by atoms with Crippen molar-refractivity contribution in [2.24, 2.45) is 0 Å². The number of nitrogens with one attached hydrogen (secondary N) is 1. The van der Waals surface area contributed by atoms with Gasteiger partial charge in [-0.1, -0.05) is 36.4 Å². The van der Waals surface area contributed by atoms with Crippen LogP contribution < -0.4 is 10.2 Å². The molecule has 2 saturated heterocycles. The Kier molecular flexibility index (Phi) is 7.36. The van der Waals surface area contributed by atoms with Gasteiger partial charge >= 0.3 is 0 Å². The molecule has 0 aromatic heterocycles. The maximum absolute atomic E-state index is 13.8. The Morgan fingerprint density at radius 3 is 2.72 bits per heavy atom. The topological polar surface area (TPSA) is 80.3 Å². The molecule has 2 aromatic rings. The van der Waals surface area contributed by atoms with Gasteiger partial charge in [0, 0.05) is 51.6 Å². The monoisotopic (exact) mass is 491 g/mol. The lowest BCUT2D eigenvalue weighted by atomic mass is 9.93. The maximum atomic E-state index is 13.8. The second kappa shape index (κ2) is 10.8. The summed E-state index contributed by atoms with van der Waals surface area (Å²) in [5, 5.41) is 0. The smallest absolute Gasteiger partial charge is 0.267 e. The van der Waals surface area contributed by atoms with Gasteiger partial charge in [-0.25, -0.2) is 10.3 Å². The van der Waals surface area contributed by atoms with Gasteiger partial charge in [-0.2, -0.15) is 0 Å². The number of likely N-dealkylation sites (tertiary alicyclic amines) is 1. The lowest BCUT2D eigenvalue weighted by molar-refractivity contribution is -0.198. The number of carbonyl (C=O) groups excluding carboxylic acids is 2. The zero-order valence-electron chi connectivity index (χ0n) is 20.7. The summed E-state index contributed by atoms with van der Waals surface area (Å²) in [5.41, 5.74) is 4.05. The van der Waals surface area contributed by atoms with E-state index in [-0.39, 0.29) is 11.8 Å². The third-order valence-corrected chi connectivity index (χ3v) is 7.08. The number of carbonyl (C=O) groups is 2. The van der Waals surface area contributed by atoms with Gasteiger partial charge in [0.15, 0.2) is 12.0 Å². The molecule has 2 amide bonds. The van der Waals surface area contributed by atoms with E-state index in [0.717, 1.165) is 56.3 Å². The van der Waals surface area contributed by atoms with Crippen molar-refractivity contribution >= 4 is 17.9 Å². The van der Waals surface area contributed by atoms with E-state index in [9.17, 15) is 9.59 Å². The molecule has 1 unspecified atom stereocenters. The number of amides is 2. The van der Waals surface area contributed by atoms with Gasteiger partial charge in [0.25, 0.3) is 11.8 Å². The molecule has 1 atom stereocenters. The summed E-state index contributed by atoms with van der Waals surface area (Å²) >= 11 is 0. The second-order valence-corrected chi connectivity index (χ2v) is 9.70. The molecular weight excluding hydrogens is 458 g/mol. The van der Waals surface area contributed by atoms with Crippen molar-refractivity contribution in [1.29, 1.82) is 0 Å². The number of nitrogens with zero attached hydrogens (tertiary/aromatic N) is 2. The third-order valence-electron chi connectivity index (χ3n) is 7.08. The SMILES string of the molecule is CN1CCC2(CC1)Oc1ccc(C=CC(=O)NOC3CCCCO3)cc1C(=O)N2Cc1ccccc1. The normalized spacial score (nSPS) is 21.9. The quantitative estimate of drug-likeness (QED) is 0.490. The van der Waals surface area contributed by atoms with Crippen LogP contribution in [0.2, 0.25) is 0 Å². The molecule has 190 valence electrons. The van der Waals surface area contributed by atoms with Crippen LogP contribution in [0.5, 0.6) is 5.75 Å². The average Bonchev–Trinajstić information content (AvgIpc) is 2.92. The summed E-state index contributed by atoms with van der Waals surface area (Å²) in [4.78, 5) is 35.5. The van der Waals surface area contributed by atoms with Gasteiger partial charge in [-0.15, -0.1) is 0 Å². The first-order chi connectivity index (χ1) is 17.5. The molecular formula is C28H33N3O5. The largest absolute Gasteiger partial charge is 0.467 e. The number of hydroxylamine groups is 1. The summed E-state index contributed by atoms with van der Waals surface area (Å²) in [6, 6.07) is 15.5. The molecule has 1 N–H and O–H groups in total. The van der Waals surface area contributed by atoms with E-state index < -0.39 is 12.0 Å². The van der Waals surface area contributed by atoms with Gasteiger partial charge in [-0.05, 0) is 49.2 Å². The molecule has 2 fully saturated rings. The molecule has 0 saturated carbocycles. The third kappa shape index (κ3) is 5.46. The Labute approximate surface area is 211 Å². The number of hydrogen-bond acceptors (Lipinski definition) is 6. The summed E-state index contributed by atoms with van der Waals surface area (Å²) in [5.74, 6) is 0.149. The Hall–Kier alpha value is -3.20.